The van der Waals surface area contributed by atoms with Crippen molar-refractivity contribution in [2.75, 3.05) is 32.7 Å². The summed E-state index contributed by atoms with van der Waals surface area (Å²) < 4.78 is 22.5. The molecular formula is C14H25ClN2O3S. The molecule has 122 valence electrons. The molecule has 0 N–H and O–H groups in total. The molecule has 2 fully saturated rings. The van der Waals surface area contributed by atoms with Crippen LogP contribution in [0.15, 0.2) is 0 Å². The van der Waals surface area contributed by atoms with E-state index in [9.17, 15) is 13.2 Å². The molecule has 21 heavy (non-hydrogen) atoms. The zero-order valence-electron chi connectivity index (χ0n) is 12.5. The van der Waals surface area contributed by atoms with E-state index in [-0.39, 0.29) is 18.9 Å². The van der Waals surface area contributed by atoms with E-state index in [0.29, 0.717) is 6.54 Å². The molecular weight excluding hydrogens is 312 g/mol. The molecule has 0 spiro atoms. The molecule has 2 rings (SSSR count). The van der Waals surface area contributed by atoms with Crippen molar-refractivity contribution in [2.24, 2.45) is 0 Å². The lowest BCUT2D eigenvalue weighted by Gasteiger charge is -2.21. The molecule has 1 amide bonds. The number of carbonyl (C=O) groups excluding carboxylic acids is 1. The Hall–Kier alpha value is -0.330. The highest BCUT2D eigenvalue weighted by molar-refractivity contribution is 8.14. The summed E-state index contributed by atoms with van der Waals surface area (Å²) in [5.74, 6) is -0.0843. The van der Waals surface area contributed by atoms with Gasteiger partial charge in [0.2, 0.25) is 15.0 Å². The average molecular weight is 337 g/mol. The molecule has 5 nitrogen and oxygen atoms in total. The van der Waals surface area contributed by atoms with E-state index in [1.165, 1.54) is 38.8 Å². The lowest BCUT2D eigenvalue weighted by atomic mass is 10.2. The third-order valence-electron chi connectivity index (χ3n) is 4.43. The van der Waals surface area contributed by atoms with E-state index in [1.54, 1.807) is 4.90 Å². The highest BCUT2D eigenvalue weighted by Gasteiger charge is 2.36. The number of halogens is 1. The number of amides is 1. The van der Waals surface area contributed by atoms with E-state index in [1.807, 2.05) is 0 Å². The molecule has 2 aliphatic rings. The van der Waals surface area contributed by atoms with Gasteiger partial charge in [-0.1, -0.05) is 12.8 Å². The van der Waals surface area contributed by atoms with Crippen molar-refractivity contribution in [1.82, 2.24) is 9.80 Å². The number of rotatable bonds is 6. The minimum absolute atomic E-state index is 0.0396. The maximum atomic E-state index is 11.8. The maximum Gasteiger partial charge on any atom is 0.237 e. The van der Waals surface area contributed by atoms with Crippen LogP contribution in [0.2, 0.25) is 0 Å². The number of nitrogens with zero attached hydrogens (tertiary/aromatic N) is 2. The Bertz CT molecular complexity index is 447. The van der Waals surface area contributed by atoms with E-state index < -0.39 is 14.3 Å². The number of hydrogen-bond acceptors (Lipinski definition) is 4. The number of unbranched alkanes of at least 4 members (excludes halogenated alkanes) is 1. The molecule has 2 heterocycles. The lowest BCUT2D eigenvalue weighted by molar-refractivity contribution is -0.127. The number of likely N-dealkylation sites (tertiary alicyclic amines) is 2. The van der Waals surface area contributed by atoms with Crippen LogP contribution >= 0.6 is 10.7 Å². The van der Waals surface area contributed by atoms with Gasteiger partial charge in [-0.25, -0.2) is 8.42 Å². The molecule has 0 radical (unpaired) electrons. The smallest absolute Gasteiger partial charge is 0.237 e. The Morgan fingerprint density at radius 2 is 1.67 bits per heavy atom. The van der Waals surface area contributed by atoms with Crippen LogP contribution in [0.4, 0.5) is 0 Å². The van der Waals surface area contributed by atoms with Crippen molar-refractivity contribution in [3.8, 4) is 0 Å². The summed E-state index contributed by atoms with van der Waals surface area (Å²) in [6.07, 6.45) is 7.29. The van der Waals surface area contributed by atoms with Crippen LogP contribution in [0.3, 0.4) is 0 Å². The van der Waals surface area contributed by atoms with Gasteiger partial charge in [0, 0.05) is 30.2 Å². The lowest BCUT2D eigenvalue weighted by Crippen LogP contribution is -2.30. The van der Waals surface area contributed by atoms with Crippen LogP contribution in [0.5, 0.6) is 0 Å². The fourth-order valence-corrected chi connectivity index (χ4v) is 4.20. The topological polar surface area (TPSA) is 57.7 Å². The van der Waals surface area contributed by atoms with Gasteiger partial charge in [0.25, 0.3) is 0 Å². The Morgan fingerprint density at radius 1 is 1.05 bits per heavy atom. The van der Waals surface area contributed by atoms with E-state index in [2.05, 4.69) is 4.90 Å². The van der Waals surface area contributed by atoms with Gasteiger partial charge in [0.15, 0.2) is 0 Å². The summed E-state index contributed by atoms with van der Waals surface area (Å²) in [6, 6.07) is 0. The minimum Gasteiger partial charge on any atom is -0.341 e. The van der Waals surface area contributed by atoms with Crippen LogP contribution in [-0.4, -0.2) is 62.1 Å². The SMILES string of the molecule is O=C1CC(S(=O)(=O)Cl)CN1CCCCN1CCCCCC1. The fraction of sp³-hybridized carbons (Fsp3) is 0.929. The largest absolute Gasteiger partial charge is 0.341 e. The molecule has 2 aliphatic heterocycles. The summed E-state index contributed by atoms with van der Waals surface area (Å²) in [7, 11) is 1.72. The standard InChI is InChI=1S/C14H25ClN2O3S/c15-21(19,20)13-11-14(18)17(12-13)10-6-5-9-16-7-3-1-2-4-8-16/h13H,1-12H2. The second-order valence-corrected chi connectivity index (χ2v) is 9.01. The fourth-order valence-electron chi connectivity index (χ4n) is 3.14. The van der Waals surface area contributed by atoms with Gasteiger partial charge < -0.3 is 9.80 Å². The van der Waals surface area contributed by atoms with Gasteiger partial charge in [-0.2, -0.15) is 0 Å². The summed E-state index contributed by atoms with van der Waals surface area (Å²) in [5, 5.41) is -0.725. The zero-order valence-corrected chi connectivity index (χ0v) is 14.0. The molecule has 0 saturated carbocycles. The molecule has 2 saturated heterocycles. The van der Waals surface area contributed by atoms with E-state index >= 15 is 0 Å². The monoisotopic (exact) mass is 336 g/mol. The molecule has 1 atom stereocenters. The van der Waals surface area contributed by atoms with Gasteiger partial charge in [0.1, 0.15) is 5.25 Å². The van der Waals surface area contributed by atoms with Crippen LogP contribution in [0.1, 0.15) is 44.9 Å². The molecule has 1 unspecified atom stereocenters. The first-order chi connectivity index (χ1) is 9.97. The third-order valence-corrected chi connectivity index (χ3v) is 6.30. The van der Waals surface area contributed by atoms with Crippen LogP contribution in [0, 0.1) is 0 Å². The second-order valence-electron chi connectivity index (χ2n) is 6.10. The molecule has 7 heteroatoms. The molecule has 0 aromatic heterocycles. The van der Waals surface area contributed by atoms with Crippen molar-refractivity contribution < 1.29 is 13.2 Å². The summed E-state index contributed by atoms with van der Waals surface area (Å²) in [6.45, 7) is 4.37. The van der Waals surface area contributed by atoms with Crippen LogP contribution < -0.4 is 0 Å². The third kappa shape index (κ3) is 5.42. The van der Waals surface area contributed by atoms with Crippen molar-refractivity contribution >= 4 is 25.6 Å². The van der Waals surface area contributed by atoms with Gasteiger partial charge in [-0.3, -0.25) is 4.79 Å². The summed E-state index contributed by atoms with van der Waals surface area (Å²) in [4.78, 5) is 15.9. The molecule has 0 bridgehead atoms. The summed E-state index contributed by atoms with van der Waals surface area (Å²) >= 11 is 0. The van der Waals surface area contributed by atoms with Crippen LogP contribution in [0.25, 0.3) is 0 Å². The van der Waals surface area contributed by atoms with Crippen molar-refractivity contribution in [3.05, 3.63) is 0 Å². The first kappa shape index (κ1) is 17.0. The number of carbonyl (C=O) groups is 1. The van der Waals surface area contributed by atoms with E-state index in [0.717, 1.165) is 19.4 Å². The first-order valence-electron chi connectivity index (χ1n) is 7.90. The zero-order chi connectivity index (χ0) is 15.3. The Balaban J connectivity index is 1.65. The predicted molar refractivity (Wildman–Crippen MR) is 83.9 cm³/mol. The second kappa shape index (κ2) is 7.79. The highest BCUT2D eigenvalue weighted by Crippen LogP contribution is 2.21. The Labute approximate surface area is 132 Å². The van der Waals surface area contributed by atoms with Gasteiger partial charge in [-0.05, 0) is 45.3 Å². The van der Waals surface area contributed by atoms with E-state index in [4.69, 9.17) is 10.7 Å². The molecule has 0 aromatic rings. The van der Waals surface area contributed by atoms with Crippen molar-refractivity contribution in [3.63, 3.8) is 0 Å². The van der Waals surface area contributed by atoms with Gasteiger partial charge in [-0.15, -0.1) is 0 Å². The van der Waals surface area contributed by atoms with Gasteiger partial charge in [0.05, 0.1) is 0 Å². The minimum atomic E-state index is -3.62. The molecule has 0 aromatic carbocycles. The van der Waals surface area contributed by atoms with Gasteiger partial charge >= 0.3 is 0 Å². The maximum absolute atomic E-state index is 11.8. The van der Waals surface area contributed by atoms with Crippen molar-refractivity contribution in [2.45, 2.75) is 50.2 Å². The Kier molecular flexibility index (Phi) is 6.32. The predicted octanol–water partition coefficient (Wildman–Crippen LogP) is 1.81. The average Bonchev–Trinajstić information content (AvgIpc) is 2.63. The Morgan fingerprint density at radius 3 is 2.24 bits per heavy atom. The normalized spacial score (nSPS) is 25.3. The highest BCUT2D eigenvalue weighted by atomic mass is 35.7. The number of hydrogen-bond donors (Lipinski definition) is 0. The van der Waals surface area contributed by atoms with Crippen LogP contribution in [-0.2, 0) is 13.8 Å². The first-order valence-corrected chi connectivity index (χ1v) is 10.3. The van der Waals surface area contributed by atoms with Crippen molar-refractivity contribution in [1.29, 1.82) is 0 Å². The quantitative estimate of drug-likeness (QED) is 0.548. The molecule has 0 aliphatic carbocycles. The summed E-state index contributed by atoms with van der Waals surface area (Å²) in [5.41, 5.74) is 0.